The van der Waals surface area contributed by atoms with Gasteiger partial charge in [-0.25, -0.2) is 4.79 Å². The number of rotatable bonds is 7. The Morgan fingerprint density at radius 1 is 1.29 bits per heavy atom. The zero-order valence-corrected chi connectivity index (χ0v) is 11.5. The molecule has 0 saturated heterocycles. The van der Waals surface area contributed by atoms with Gasteiger partial charge in [0.1, 0.15) is 0 Å². The van der Waals surface area contributed by atoms with Gasteiger partial charge in [-0.2, -0.15) is 0 Å². The van der Waals surface area contributed by atoms with Crippen LogP contribution >= 0.6 is 7.60 Å². The predicted octanol–water partition coefficient (Wildman–Crippen LogP) is 2.51. The summed E-state index contributed by atoms with van der Waals surface area (Å²) >= 11 is 0. The topological polar surface area (TPSA) is 72.8 Å². The van der Waals surface area contributed by atoms with Crippen molar-refractivity contribution in [2.24, 2.45) is 0 Å². The van der Waals surface area contributed by atoms with E-state index in [2.05, 4.69) is 11.8 Å². The van der Waals surface area contributed by atoms with E-state index in [1.165, 1.54) is 6.92 Å². The first-order chi connectivity index (χ1) is 7.94. The van der Waals surface area contributed by atoms with E-state index in [4.69, 9.17) is 9.05 Å². The second-order valence-corrected chi connectivity index (χ2v) is 5.50. The molecule has 0 saturated carbocycles. The van der Waals surface area contributed by atoms with Gasteiger partial charge in [0.2, 0.25) is 5.16 Å². The minimum absolute atomic E-state index is 0.0560. The third-order valence-corrected chi connectivity index (χ3v) is 5.01. The second kappa shape index (κ2) is 6.80. The highest BCUT2D eigenvalue weighted by molar-refractivity contribution is 7.57. The van der Waals surface area contributed by atoms with Crippen LogP contribution in [0.5, 0.6) is 0 Å². The molecule has 0 aliphatic heterocycles. The normalized spacial score (nSPS) is 14.6. The van der Waals surface area contributed by atoms with Crippen molar-refractivity contribution in [3.63, 3.8) is 0 Å². The Morgan fingerprint density at radius 2 is 1.76 bits per heavy atom. The van der Waals surface area contributed by atoms with E-state index in [9.17, 15) is 14.5 Å². The number of carboxylic acid groups (broad SMARTS) is 1. The van der Waals surface area contributed by atoms with Crippen molar-refractivity contribution in [1.82, 2.24) is 0 Å². The van der Waals surface area contributed by atoms with Gasteiger partial charge in [-0.1, -0.05) is 12.8 Å². The standard InChI is InChI=1S/C11H19O5P/c1-5-9-11(6-2,10(12)13)17(14,15-7-3)16-8-4/h6-8H2,1-4H3,(H,12,13). The maximum Gasteiger partial charge on any atom is 0.359 e. The predicted molar refractivity (Wildman–Crippen MR) is 65.0 cm³/mol. The van der Waals surface area contributed by atoms with Gasteiger partial charge in [0, 0.05) is 0 Å². The maximum atomic E-state index is 12.6. The van der Waals surface area contributed by atoms with Gasteiger partial charge in [-0.3, -0.25) is 4.57 Å². The summed E-state index contributed by atoms with van der Waals surface area (Å²) in [4.78, 5) is 11.4. The van der Waals surface area contributed by atoms with Crippen molar-refractivity contribution in [3.8, 4) is 11.8 Å². The lowest BCUT2D eigenvalue weighted by molar-refractivity contribution is -0.139. The van der Waals surface area contributed by atoms with Crippen molar-refractivity contribution < 1.29 is 23.5 Å². The Bertz CT molecular complexity index is 358. The summed E-state index contributed by atoms with van der Waals surface area (Å²) in [6, 6.07) is 0. The number of carboxylic acids is 1. The van der Waals surface area contributed by atoms with Crippen LogP contribution in [-0.2, 0) is 18.4 Å². The second-order valence-electron chi connectivity index (χ2n) is 3.23. The Hall–Kier alpha value is -0.820. The van der Waals surface area contributed by atoms with Crippen LogP contribution < -0.4 is 0 Å². The van der Waals surface area contributed by atoms with E-state index < -0.39 is 18.7 Å². The first-order valence-corrected chi connectivity index (χ1v) is 7.04. The molecule has 5 nitrogen and oxygen atoms in total. The largest absolute Gasteiger partial charge is 0.480 e. The monoisotopic (exact) mass is 262 g/mol. The SMILES string of the molecule is CC#CC(CC)(C(=O)O)P(=O)(OCC)OCC. The summed E-state index contributed by atoms with van der Waals surface area (Å²) in [5.41, 5.74) is 0. The van der Waals surface area contributed by atoms with Crippen molar-refractivity contribution in [2.75, 3.05) is 13.2 Å². The first-order valence-electron chi connectivity index (χ1n) is 5.50. The molecule has 1 N–H and O–H groups in total. The van der Waals surface area contributed by atoms with E-state index >= 15 is 0 Å². The van der Waals surface area contributed by atoms with Crippen LogP contribution in [0, 0.1) is 11.8 Å². The molecule has 6 heteroatoms. The van der Waals surface area contributed by atoms with Crippen LogP contribution in [0.25, 0.3) is 0 Å². The molecule has 0 aliphatic rings. The first kappa shape index (κ1) is 16.2. The Kier molecular flexibility index (Phi) is 6.48. The molecule has 0 bridgehead atoms. The van der Waals surface area contributed by atoms with Gasteiger partial charge < -0.3 is 14.2 Å². The van der Waals surface area contributed by atoms with Crippen LogP contribution in [0.15, 0.2) is 0 Å². The Labute approximate surface area is 102 Å². The Balaban J connectivity index is 5.72. The number of hydrogen-bond donors (Lipinski definition) is 1. The molecule has 1 unspecified atom stereocenters. The maximum absolute atomic E-state index is 12.6. The fourth-order valence-electron chi connectivity index (χ4n) is 1.48. The van der Waals surface area contributed by atoms with E-state index in [-0.39, 0.29) is 19.6 Å². The number of carbonyl (C=O) groups is 1. The fourth-order valence-corrected chi connectivity index (χ4v) is 3.54. The summed E-state index contributed by atoms with van der Waals surface area (Å²) in [7, 11) is -3.81. The molecule has 0 aromatic carbocycles. The van der Waals surface area contributed by atoms with E-state index in [1.54, 1.807) is 20.8 Å². The van der Waals surface area contributed by atoms with Crippen molar-refractivity contribution in [2.45, 2.75) is 39.3 Å². The molecule has 0 aliphatic carbocycles. The van der Waals surface area contributed by atoms with Gasteiger partial charge in [0.15, 0.2) is 0 Å². The minimum Gasteiger partial charge on any atom is -0.480 e. The van der Waals surface area contributed by atoms with Gasteiger partial charge in [-0.15, -0.1) is 5.92 Å². The average Bonchev–Trinajstić information content (AvgIpc) is 2.25. The van der Waals surface area contributed by atoms with E-state index in [0.717, 1.165) is 0 Å². The van der Waals surface area contributed by atoms with E-state index in [0.29, 0.717) is 0 Å². The highest BCUT2D eigenvalue weighted by atomic mass is 31.2. The molecule has 17 heavy (non-hydrogen) atoms. The molecule has 0 heterocycles. The smallest absolute Gasteiger partial charge is 0.359 e. The van der Waals surface area contributed by atoms with Crippen LogP contribution in [0.2, 0.25) is 0 Å². The van der Waals surface area contributed by atoms with Crippen molar-refractivity contribution in [3.05, 3.63) is 0 Å². The number of hydrogen-bond acceptors (Lipinski definition) is 4. The zero-order chi connectivity index (χ0) is 13.5. The lowest BCUT2D eigenvalue weighted by Crippen LogP contribution is -2.38. The van der Waals surface area contributed by atoms with Crippen molar-refractivity contribution in [1.29, 1.82) is 0 Å². The summed E-state index contributed by atoms with van der Waals surface area (Å²) < 4.78 is 22.8. The molecule has 0 spiro atoms. The molecule has 0 aromatic heterocycles. The molecule has 1 atom stereocenters. The molecule has 98 valence electrons. The third kappa shape index (κ3) is 3.10. The Morgan fingerprint density at radius 3 is 2.00 bits per heavy atom. The van der Waals surface area contributed by atoms with E-state index in [1.807, 2.05) is 0 Å². The highest BCUT2D eigenvalue weighted by Crippen LogP contribution is 2.61. The quantitative estimate of drug-likeness (QED) is 0.563. The summed E-state index contributed by atoms with van der Waals surface area (Å²) in [5.74, 6) is 3.71. The molecule has 0 fully saturated rings. The van der Waals surface area contributed by atoms with Crippen LogP contribution in [0.3, 0.4) is 0 Å². The lowest BCUT2D eigenvalue weighted by Gasteiger charge is -2.30. The fraction of sp³-hybridized carbons (Fsp3) is 0.727. The van der Waals surface area contributed by atoms with Gasteiger partial charge >= 0.3 is 13.6 Å². The summed E-state index contributed by atoms with van der Waals surface area (Å²) in [6.45, 7) is 6.58. The summed E-state index contributed by atoms with van der Waals surface area (Å²) in [6.07, 6.45) is 0.0560. The minimum atomic E-state index is -3.81. The molecular formula is C11H19O5P. The highest BCUT2D eigenvalue weighted by Gasteiger charge is 2.55. The van der Waals surface area contributed by atoms with Crippen LogP contribution in [0.4, 0.5) is 0 Å². The van der Waals surface area contributed by atoms with Crippen LogP contribution in [-0.4, -0.2) is 29.4 Å². The molecule has 0 aromatic rings. The molecule has 0 radical (unpaired) electrons. The van der Waals surface area contributed by atoms with Crippen molar-refractivity contribution >= 4 is 13.6 Å². The third-order valence-electron chi connectivity index (χ3n) is 2.26. The number of aliphatic carboxylic acids is 1. The zero-order valence-electron chi connectivity index (χ0n) is 10.6. The molecule has 0 amide bonds. The average molecular weight is 262 g/mol. The van der Waals surface area contributed by atoms with Gasteiger partial charge in [0.25, 0.3) is 0 Å². The summed E-state index contributed by atoms with van der Waals surface area (Å²) in [5, 5.41) is 7.53. The molecular weight excluding hydrogens is 243 g/mol. The lowest BCUT2D eigenvalue weighted by atomic mass is 10.1. The van der Waals surface area contributed by atoms with Gasteiger partial charge in [0.05, 0.1) is 13.2 Å². The van der Waals surface area contributed by atoms with Crippen LogP contribution in [0.1, 0.15) is 34.1 Å². The van der Waals surface area contributed by atoms with Gasteiger partial charge in [-0.05, 0) is 27.2 Å². The molecule has 0 rings (SSSR count).